The van der Waals surface area contributed by atoms with Gasteiger partial charge in [0.25, 0.3) is 0 Å². The molecule has 0 amide bonds. The van der Waals surface area contributed by atoms with E-state index >= 15 is 0 Å². The number of guanidine groups is 1. The summed E-state index contributed by atoms with van der Waals surface area (Å²) in [5.41, 5.74) is 1.39. The molecule has 3 unspecified atom stereocenters. The molecule has 2 aliphatic heterocycles. The highest BCUT2D eigenvalue weighted by Gasteiger charge is 2.29. The molecule has 2 fully saturated rings. The minimum absolute atomic E-state index is 0.466. The Kier molecular flexibility index (Phi) is 6.92. The first-order valence-corrected chi connectivity index (χ1v) is 10.2. The first kappa shape index (κ1) is 19.2. The van der Waals surface area contributed by atoms with E-state index in [4.69, 9.17) is 4.99 Å². The molecule has 0 aliphatic carbocycles. The van der Waals surface area contributed by atoms with Crippen molar-refractivity contribution >= 4 is 5.96 Å². The molecule has 2 saturated heterocycles. The summed E-state index contributed by atoms with van der Waals surface area (Å²) in [4.78, 5) is 9.89. The van der Waals surface area contributed by atoms with Gasteiger partial charge in [0.15, 0.2) is 5.96 Å². The van der Waals surface area contributed by atoms with Crippen molar-refractivity contribution in [3.63, 3.8) is 0 Å². The van der Waals surface area contributed by atoms with Gasteiger partial charge in [0.05, 0.1) is 6.54 Å². The van der Waals surface area contributed by atoms with Crippen LogP contribution in [0.3, 0.4) is 0 Å². The van der Waals surface area contributed by atoms with Crippen LogP contribution in [0.25, 0.3) is 0 Å². The van der Waals surface area contributed by atoms with Gasteiger partial charge < -0.3 is 15.5 Å². The highest BCUT2D eigenvalue weighted by atomic mass is 15.3. The minimum Gasteiger partial charge on any atom is -0.357 e. The molecule has 2 heterocycles. The molecule has 5 nitrogen and oxygen atoms in total. The molecule has 0 bridgehead atoms. The second-order valence-electron chi connectivity index (χ2n) is 7.84. The van der Waals surface area contributed by atoms with Crippen LogP contribution in [0.2, 0.25) is 0 Å². The smallest absolute Gasteiger partial charge is 0.191 e. The number of nitrogens with zero attached hydrogens (tertiary/aromatic N) is 3. The van der Waals surface area contributed by atoms with Gasteiger partial charge in [-0.2, -0.15) is 0 Å². The van der Waals surface area contributed by atoms with Crippen molar-refractivity contribution in [2.24, 2.45) is 4.99 Å². The summed E-state index contributed by atoms with van der Waals surface area (Å²) in [6, 6.07) is 12.4. The molecule has 0 saturated carbocycles. The lowest BCUT2D eigenvalue weighted by Crippen LogP contribution is -2.45. The maximum absolute atomic E-state index is 4.88. The lowest BCUT2D eigenvalue weighted by molar-refractivity contribution is 0.258. The van der Waals surface area contributed by atoms with Crippen molar-refractivity contribution in [3.8, 4) is 0 Å². The van der Waals surface area contributed by atoms with Gasteiger partial charge in [-0.05, 0) is 52.3 Å². The first-order chi connectivity index (χ1) is 12.7. The third-order valence-electron chi connectivity index (χ3n) is 5.75. The number of rotatable bonds is 6. The van der Waals surface area contributed by atoms with Gasteiger partial charge in [0.2, 0.25) is 0 Å². The van der Waals surface area contributed by atoms with Crippen molar-refractivity contribution in [1.29, 1.82) is 0 Å². The number of likely N-dealkylation sites (N-methyl/N-ethyl adjacent to an activating group) is 1. The Balaban J connectivity index is 1.53. The van der Waals surface area contributed by atoms with E-state index in [9.17, 15) is 0 Å². The predicted octanol–water partition coefficient (Wildman–Crippen LogP) is 2.30. The monoisotopic (exact) mass is 357 g/mol. The van der Waals surface area contributed by atoms with Gasteiger partial charge in [-0.15, -0.1) is 0 Å². The SMILES string of the molecule is CCNC(=NCC1CCCN1C)NC1CC(C)N(Cc2ccccc2)C1. The molecule has 0 radical (unpaired) electrons. The number of nitrogens with one attached hydrogen (secondary N) is 2. The molecule has 1 aromatic carbocycles. The highest BCUT2D eigenvalue weighted by molar-refractivity contribution is 5.80. The van der Waals surface area contributed by atoms with Crippen molar-refractivity contribution < 1.29 is 0 Å². The van der Waals surface area contributed by atoms with Crippen molar-refractivity contribution in [2.45, 2.75) is 57.8 Å². The second-order valence-corrected chi connectivity index (χ2v) is 7.84. The van der Waals surface area contributed by atoms with Crippen LogP contribution in [0.1, 0.15) is 38.7 Å². The third-order valence-corrected chi connectivity index (χ3v) is 5.75. The fourth-order valence-electron chi connectivity index (χ4n) is 4.16. The average Bonchev–Trinajstić information content (AvgIpc) is 3.19. The number of hydrogen-bond donors (Lipinski definition) is 2. The summed E-state index contributed by atoms with van der Waals surface area (Å²) in [6.45, 7) is 9.58. The molecule has 3 rings (SSSR count). The summed E-state index contributed by atoms with van der Waals surface area (Å²) in [5, 5.41) is 7.11. The van der Waals surface area contributed by atoms with Crippen molar-refractivity contribution in [3.05, 3.63) is 35.9 Å². The molecule has 2 N–H and O–H groups in total. The van der Waals surface area contributed by atoms with Crippen LogP contribution in [0.15, 0.2) is 35.3 Å². The normalized spacial score (nSPS) is 27.8. The van der Waals surface area contributed by atoms with E-state index < -0.39 is 0 Å². The highest BCUT2D eigenvalue weighted by Crippen LogP contribution is 2.20. The van der Waals surface area contributed by atoms with Crippen LogP contribution < -0.4 is 10.6 Å². The topological polar surface area (TPSA) is 42.9 Å². The quantitative estimate of drug-likeness (QED) is 0.606. The van der Waals surface area contributed by atoms with Gasteiger partial charge in [0.1, 0.15) is 0 Å². The number of benzene rings is 1. The number of likely N-dealkylation sites (tertiary alicyclic amines) is 2. The van der Waals surface area contributed by atoms with E-state index in [1.165, 1.54) is 31.4 Å². The van der Waals surface area contributed by atoms with Crippen LogP contribution in [-0.2, 0) is 6.54 Å². The maximum atomic E-state index is 4.88. The lowest BCUT2D eigenvalue weighted by atomic mass is 10.2. The second kappa shape index (κ2) is 9.38. The van der Waals surface area contributed by atoms with Crippen LogP contribution in [0.5, 0.6) is 0 Å². The summed E-state index contributed by atoms with van der Waals surface area (Å²) in [5.74, 6) is 0.978. The Bertz CT molecular complexity index is 573. The third kappa shape index (κ3) is 5.21. The zero-order valence-corrected chi connectivity index (χ0v) is 16.6. The zero-order valence-electron chi connectivity index (χ0n) is 16.6. The molecule has 26 heavy (non-hydrogen) atoms. The molecular weight excluding hydrogens is 322 g/mol. The molecular formula is C21H35N5. The number of aliphatic imine (C=N–C) groups is 1. The molecule has 5 heteroatoms. The van der Waals surface area contributed by atoms with E-state index in [0.29, 0.717) is 18.1 Å². The Morgan fingerprint density at radius 2 is 2.08 bits per heavy atom. The average molecular weight is 358 g/mol. The van der Waals surface area contributed by atoms with Crippen LogP contribution >= 0.6 is 0 Å². The van der Waals surface area contributed by atoms with E-state index in [-0.39, 0.29) is 0 Å². The molecule has 0 aromatic heterocycles. The van der Waals surface area contributed by atoms with Crippen molar-refractivity contribution in [1.82, 2.24) is 20.4 Å². The van der Waals surface area contributed by atoms with E-state index in [0.717, 1.165) is 32.1 Å². The molecule has 2 aliphatic rings. The molecule has 144 valence electrons. The van der Waals surface area contributed by atoms with E-state index in [2.05, 4.69) is 71.7 Å². The fraction of sp³-hybridized carbons (Fsp3) is 0.667. The molecule has 0 spiro atoms. The Hall–Kier alpha value is -1.59. The Labute approximate surface area is 158 Å². The van der Waals surface area contributed by atoms with Gasteiger partial charge >= 0.3 is 0 Å². The number of hydrogen-bond acceptors (Lipinski definition) is 3. The molecule has 3 atom stereocenters. The van der Waals surface area contributed by atoms with E-state index in [1.54, 1.807) is 0 Å². The lowest BCUT2D eigenvalue weighted by Gasteiger charge is -2.22. The summed E-state index contributed by atoms with van der Waals surface area (Å²) < 4.78 is 0. The Morgan fingerprint density at radius 1 is 1.27 bits per heavy atom. The zero-order chi connectivity index (χ0) is 18.4. The maximum Gasteiger partial charge on any atom is 0.191 e. The van der Waals surface area contributed by atoms with Gasteiger partial charge in [0, 0.05) is 37.8 Å². The summed E-state index contributed by atoms with van der Waals surface area (Å²) in [7, 11) is 2.22. The molecule has 1 aromatic rings. The van der Waals surface area contributed by atoms with Gasteiger partial charge in [-0.25, -0.2) is 0 Å². The Morgan fingerprint density at radius 3 is 2.77 bits per heavy atom. The largest absolute Gasteiger partial charge is 0.357 e. The van der Waals surface area contributed by atoms with Crippen molar-refractivity contribution in [2.75, 3.05) is 33.2 Å². The van der Waals surface area contributed by atoms with E-state index in [1.807, 2.05) is 0 Å². The van der Waals surface area contributed by atoms with Gasteiger partial charge in [-0.3, -0.25) is 9.89 Å². The standard InChI is InChI=1S/C21H35N5/c1-4-22-21(23-14-20-11-8-12-25(20)3)24-19-13-17(2)26(16-19)15-18-9-6-5-7-10-18/h5-7,9-10,17,19-20H,4,8,11-16H2,1-3H3,(H2,22,23,24). The predicted molar refractivity (Wildman–Crippen MR) is 109 cm³/mol. The van der Waals surface area contributed by atoms with Crippen LogP contribution in [-0.4, -0.2) is 67.1 Å². The summed E-state index contributed by atoms with van der Waals surface area (Å²) in [6.07, 6.45) is 3.74. The fourth-order valence-corrected chi connectivity index (χ4v) is 4.16. The first-order valence-electron chi connectivity index (χ1n) is 10.2. The van der Waals surface area contributed by atoms with Crippen LogP contribution in [0, 0.1) is 0 Å². The van der Waals surface area contributed by atoms with Gasteiger partial charge in [-0.1, -0.05) is 30.3 Å². The minimum atomic E-state index is 0.466. The van der Waals surface area contributed by atoms with Crippen LogP contribution in [0.4, 0.5) is 0 Å². The summed E-state index contributed by atoms with van der Waals surface area (Å²) >= 11 is 0.